The Labute approximate surface area is 75.7 Å². The van der Waals surface area contributed by atoms with Crippen LogP contribution in [0.4, 0.5) is 0 Å². The maximum Gasteiger partial charge on any atom is 0.341 e. The molecule has 0 saturated heterocycles. The van der Waals surface area contributed by atoms with E-state index in [1.165, 1.54) is 11.3 Å². The number of aliphatic carboxylic acids is 1. The predicted octanol–water partition coefficient (Wildman–Crippen LogP) is 1.97. The van der Waals surface area contributed by atoms with E-state index in [-0.39, 0.29) is 6.61 Å². The average Bonchev–Trinajstić information content (AvgIpc) is 2.31. The minimum absolute atomic E-state index is 0.296. The summed E-state index contributed by atoms with van der Waals surface area (Å²) >= 11 is 4.66. The van der Waals surface area contributed by atoms with Crippen molar-refractivity contribution in [3.05, 3.63) is 15.2 Å². The Morgan fingerprint density at radius 3 is 2.91 bits per heavy atom. The summed E-state index contributed by atoms with van der Waals surface area (Å²) in [5.41, 5.74) is 0. The predicted molar refractivity (Wildman–Crippen MR) is 45.1 cm³/mol. The lowest BCUT2D eigenvalue weighted by atomic mass is 10.6. The summed E-state index contributed by atoms with van der Waals surface area (Å²) in [6, 6.07) is 0. The van der Waals surface area contributed by atoms with Gasteiger partial charge in [-0.15, -0.1) is 11.3 Å². The monoisotopic (exact) mass is 236 g/mol. The molecule has 5 heteroatoms. The van der Waals surface area contributed by atoms with Crippen LogP contribution in [0.3, 0.4) is 0 Å². The van der Waals surface area contributed by atoms with E-state index in [9.17, 15) is 4.79 Å². The number of hydrogen-bond acceptors (Lipinski definition) is 3. The Hall–Kier alpha value is -0.550. The number of rotatable bonds is 3. The Balaban J connectivity index is 2.51. The largest absolute Gasteiger partial charge is 0.480 e. The molecule has 60 valence electrons. The smallest absolute Gasteiger partial charge is 0.341 e. The summed E-state index contributed by atoms with van der Waals surface area (Å²) in [5.74, 6) is -0.388. The second-order valence-corrected chi connectivity index (χ2v) is 3.36. The number of hydrogen-bond donors (Lipinski definition) is 1. The van der Waals surface area contributed by atoms with Crippen LogP contribution in [0.5, 0.6) is 5.75 Å². The molecule has 0 fully saturated rings. The van der Waals surface area contributed by atoms with Gasteiger partial charge in [0.1, 0.15) is 5.75 Å². The van der Waals surface area contributed by atoms with E-state index in [4.69, 9.17) is 9.84 Å². The van der Waals surface area contributed by atoms with Crippen molar-refractivity contribution in [2.24, 2.45) is 0 Å². The van der Waals surface area contributed by atoms with Crippen LogP contribution in [0.1, 0.15) is 0 Å². The first-order chi connectivity index (χ1) is 5.20. The molecule has 1 rings (SSSR count). The van der Waals surface area contributed by atoms with Crippen LogP contribution < -0.4 is 4.74 Å². The van der Waals surface area contributed by atoms with Gasteiger partial charge in [-0.1, -0.05) is 0 Å². The third kappa shape index (κ3) is 2.51. The number of halogens is 1. The zero-order valence-electron chi connectivity index (χ0n) is 5.41. The summed E-state index contributed by atoms with van der Waals surface area (Å²) in [5, 5.41) is 11.8. The molecule has 0 aromatic carbocycles. The van der Waals surface area contributed by atoms with Gasteiger partial charge in [-0.3, -0.25) is 0 Å². The van der Waals surface area contributed by atoms with Gasteiger partial charge in [-0.25, -0.2) is 4.79 Å². The minimum Gasteiger partial charge on any atom is -0.480 e. The van der Waals surface area contributed by atoms with E-state index >= 15 is 0 Å². The number of carboxylic acids is 1. The van der Waals surface area contributed by atoms with Gasteiger partial charge in [0, 0.05) is 10.8 Å². The number of ether oxygens (including phenoxy) is 1. The van der Waals surface area contributed by atoms with Crippen LogP contribution in [-0.2, 0) is 4.79 Å². The van der Waals surface area contributed by atoms with E-state index in [2.05, 4.69) is 15.9 Å². The van der Waals surface area contributed by atoms with Gasteiger partial charge in [-0.2, -0.15) is 0 Å². The molecule has 1 aromatic heterocycles. The zero-order valence-corrected chi connectivity index (χ0v) is 7.81. The van der Waals surface area contributed by atoms with Gasteiger partial charge < -0.3 is 9.84 Å². The molecule has 0 amide bonds. The summed E-state index contributed by atoms with van der Waals surface area (Å²) in [6.45, 7) is -0.296. The SMILES string of the molecule is O=C(O)COc1cscc1Br. The van der Waals surface area contributed by atoms with Crippen LogP contribution in [0, 0.1) is 0 Å². The van der Waals surface area contributed by atoms with Crippen LogP contribution >= 0.6 is 27.3 Å². The number of carboxylic acid groups (broad SMARTS) is 1. The van der Waals surface area contributed by atoms with E-state index < -0.39 is 5.97 Å². The summed E-state index contributed by atoms with van der Waals surface area (Å²) in [7, 11) is 0. The summed E-state index contributed by atoms with van der Waals surface area (Å²) in [4.78, 5) is 10.1. The van der Waals surface area contributed by atoms with Crippen LogP contribution in [-0.4, -0.2) is 17.7 Å². The maximum absolute atomic E-state index is 10.1. The molecule has 0 radical (unpaired) electrons. The van der Waals surface area contributed by atoms with Crippen LogP contribution in [0.25, 0.3) is 0 Å². The van der Waals surface area contributed by atoms with Gasteiger partial charge in [-0.05, 0) is 15.9 Å². The highest BCUT2D eigenvalue weighted by Gasteiger charge is 2.03. The number of carbonyl (C=O) groups is 1. The van der Waals surface area contributed by atoms with Crippen molar-refractivity contribution in [1.29, 1.82) is 0 Å². The highest BCUT2D eigenvalue weighted by Crippen LogP contribution is 2.28. The standard InChI is InChI=1S/C6H5BrO3S/c7-4-2-11-3-5(4)10-1-6(8)9/h2-3H,1H2,(H,8,9). The molecule has 0 unspecified atom stereocenters. The molecule has 1 heterocycles. The second-order valence-electron chi connectivity index (χ2n) is 1.77. The van der Waals surface area contributed by atoms with E-state index in [1.807, 2.05) is 5.38 Å². The Kier molecular flexibility index (Phi) is 2.90. The lowest BCUT2D eigenvalue weighted by molar-refractivity contribution is -0.139. The topological polar surface area (TPSA) is 46.5 Å². The van der Waals surface area contributed by atoms with Crippen molar-refractivity contribution in [2.75, 3.05) is 6.61 Å². The van der Waals surface area contributed by atoms with Crippen molar-refractivity contribution in [1.82, 2.24) is 0 Å². The molecular formula is C6H5BrO3S. The highest BCUT2D eigenvalue weighted by molar-refractivity contribution is 9.10. The first-order valence-electron chi connectivity index (χ1n) is 2.76. The lowest BCUT2D eigenvalue weighted by Gasteiger charge is -1.98. The van der Waals surface area contributed by atoms with Gasteiger partial charge >= 0.3 is 5.97 Å². The quantitative estimate of drug-likeness (QED) is 0.874. The first kappa shape index (κ1) is 8.55. The maximum atomic E-state index is 10.1. The normalized spacial score (nSPS) is 9.55. The van der Waals surface area contributed by atoms with Crippen molar-refractivity contribution in [3.63, 3.8) is 0 Å². The fraction of sp³-hybridized carbons (Fsp3) is 0.167. The zero-order chi connectivity index (χ0) is 8.27. The van der Waals surface area contributed by atoms with Crippen LogP contribution in [0.15, 0.2) is 15.2 Å². The molecule has 1 aromatic rings. The molecular weight excluding hydrogens is 232 g/mol. The summed E-state index contributed by atoms with van der Waals surface area (Å²) < 4.78 is 5.70. The third-order valence-electron chi connectivity index (χ3n) is 0.933. The molecule has 11 heavy (non-hydrogen) atoms. The number of thiophene rings is 1. The molecule has 0 aliphatic carbocycles. The molecule has 0 bridgehead atoms. The molecule has 1 N–H and O–H groups in total. The Bertz CT molecular complexity index is 258. The Morgan fingerprint density at radius 1 is 1.73 bits per heavy atom. The average molecular weight is 237 g/mol. The van der Waals surface area contributed by atoms with E-state index in [0.29, 0.717) is 5.75 Å². The molecule has 3 nitrogen and oxygen atoms in total. The van der Waals surface area contributed by atoms with Gasteiger partial charge in [0.2, 0.25) is 0 Å². The summed E-state index contributed by atoms with van der Waals surface area (Å²) in [6.07, 6.45) is 0. The van der Waals surface area contributed by atoms with Gasteiger partial charge in [0.15, 0.2) is 6.61 Å². The molecule has 0 spiro atoms. The van der Waals surface area contributed by atoms with Crippen LogP contribution in [0.2, 0.25) is 0 Å². The fourth-order valence-corrected chi connectivity index (χ4v) is 1.84. The molecule has 0 atom stereocenters. The second kappa shape index (κ2) is 3.73. The van der Waals surface area contributed by atoms with Gasteiger partial charge in [0.25, 0.3) is 0 Å². The fourth-order valence-electron chi connectivity index (χ4n) is 0.512. The first-order valence-corrected chi connectivity index (χ1v) is 4.50. The minimum atomic E-state index is -0.969. The molecule has 0 saturated carbocycles. The van der Waals surface area contributed by atoms with Crippen molar-refractivity contribution < 1.29 is 14.6 Å². The van der Waals surface area contributed by atoms with Crippen molar-refractivity contribution >= 4 is 33.2 Å². The van der Waals surface area contributed by atoms with E-state index in [0.717, 1.165) is 4.47 Å². The van der Waals surface area contributed by atoms with Crippen molar-refractivity contribution in [3.8, 4) is 5.75 Å². The van der Waals surface area contributed by atoms with Gasteiger partial charge in [0.05, 0.1) is 4.47 Å². The Morgan fingerprint density at radius 2 is 2.45 bits per heavy atom. The van der Waals surface area contributed by atoms with Crippen molar-refractivity contribution in [2.45, 2.75) is 0 Å². The lowest BCUT2D eigenvalue weighted by Crippen LogP contribution is -2.08. The van der Waals surface area contributed by atoms with E-state index in [1.54, 1.807) is 5.38 Å². The third-order valence-corrected chi connectivity index (χ3v) is 2.58. The highest BCUT2D eigenvalue weighted by atomic mass is 79.9. The molecule has 0 aliphatic heterocycles. The molecule has 0 aliphatic rings.